The molecule has 1 aromatic heterocycles. The summed E-state index contributed by atoms with van der Waals surface area (Å²) in [5.41, 5.74) is 6.74. The zero-order valence-corrected chi connectivity index (χ0v) is 20.0. The van der Waals surface area contributed by atoms with Gasteiger partial charge in [-0.3, -0.25) is 4.79 Å². The predicted octanol–water partition coefficient (Wildman–Crippen LogP) is 3.49. The summed E-state index contributed by atoms with van der Waals surface area (Å²) < 4.78 is 4.39. The van der Waals surface area contributed by atoms with E-state index in [4.69, 9.17) is 0 Å². The third-order valence-corrected chi connectivity index (χ3v) is 7.26. The number of hydrogen-bond donors (Lipinski definition) is 2. The maximum Gasteiger partial charge on any atom is 0.246 e. The van der Waals surface area contributed by atoms with Crippen molar-refractivity contribution in [3.63, 3.8) is 0 Å². The Hall–Kier alpha value is -2.97. The summed E-state index contributed by atoms with van der Waals surface area (Å²) in [5.74, 6) is 0.966. The lowest BCUT2D eigenvalue weighted by atomic mass is 10.1. The van der Waals surface area contributed by atoms with Gasteiger partial charge in [-0.2, -0.15) is 4.37 Å². The first-order valence-corrected chi connectivity index (χ1v) is 12.5. The second-order valence-corrected chi connectivity index (χ2v) is 9.31. The van der Waals surface area contributed by atoms with Crippen LogP contribution < -0.4 is 20.4 Å². The lowest BCUT2D eigenvalue weighted by Crippen LogP contribution is -2.43. The molecule has 0 radical (unpaired) electrons. The number of hydrogen-bond acceptors (Lipinski definition) is 7. The van der Waals surface area contributed by atoms with Crippen molar-refractivity contribution in [3.8, 4) is 10.6 Å². The van der Waals surface area contributed by atoms with Crippen molar-refractivity contribution < 1.29 is 4.79 Å². The molecule has 0 atom stereocenters. The first kappa shape index (κ1) is 21.9. The molecule has 0 spiro atoms. The lowest BCUT2D eigenvalue weighted by Gasteiger charge is -2.31. The Morgan fingerprint density at radius 1 is 1.15 bits per heavy atom. The minimum absolute atomic E-state index is 0.0974. The van der Waals surface area contributed by atoms with Crippen LogP contribution in [0.25, 0.3) is 10.6 Å². The van der Waals surface area contributed by atoms with Crippen molar-refractivity contribution in [2.24, 2.45) is 0 Å². The molecule has 33 heavy (non-hydrogen) atoms. The Balaban J connectivity index is 1.29. The van der Waals surface area contributed by atoms with E-state index in [1.165, 1.54) is 22.8 Å². The van der Waals surface area contributed by atoms with Gasteiger partial charge in [-0.05, 0) is 48.6 Å². The molecule has 7 nitrogen and oxygen atoms in total. The van der Waals surface area contributed by atoms with E-state index < -0.39 is 0 Å². The van der Waals surface area contributed by atoms with Crippen molar-refractivity contribution in [2.45, 2.75) is 26.7 Å². The van der Waals surface area contributed by atoms with Crippen molar-refractivity contribution in [2.75, 3.05) is 54.4 Å². The number of carbonyl (C=O) groups is 1. The Bertz CT molecular complexity index is 1150. The second kappa shape index (κ2) is 9.49. The van der Waals surface area contributed by atoms with E-state index >= 15 is 0 Å². The first-order valence-electron chi connectivity index (χ1n) is 11.7. The summed E-state index contributed by atoms with van der Waals surface area (Å²) in [6.07, 6.45) is 1.74. The van der Waals surface area contributed by atoms with E-state index in [0.29, 0.717) is 0 Å². The molecule has 2 aliphatic heterocycles. The van der Waals surface area contributed by atoms with Crippen LogP contribution in [0, 0.1) is 6.92 Å². The van der Waals surface area contributed by atoms with Crippen LogP contribution in [0.4, 0.5) is 17.1 Å². The van der Waals surface area contributed by atoms with Crippen LogP contribution in [-0.4, -0.2) is 54.5 Å². The SMILES string of the molecule is CCc1nsc(-c2ccc(C)c(NCC(=O)N3CCc4c(N5CCNCC5)cccc43)c2)n1. The molecule has 5 rings (SSSR count). The molecule has 0 saturated carbocycles. The molecule has 2 aromatic carbocycles. The number of anilines is 3. The molecule has 0 aliphatic carbocycles. The van der Waals surface area contributed by atoms with E-state index in [9.17, 15) is 4.79 Å². The van der Waals surface area contributed by atoms with E-state index in [2.05, 4.69) is 75.1 Å². The van der Waals surface area contributed by atoms with Crippen LogP contribution in [0.5, 0.6) is 0 Å². The number of fused-ring (bicyclic) bond motifs is 1. The summed E-state index contributed by atoms with van der Waals surface area (Å²) in [6, 6.07) is 12.6. The van der Waals surface area contributed by atoms with Gasteiger partial charge in [-0.25, -0.2) is 4.98 Å². The van der Waals surface area contributed by atoms with Gasteiger partial charge in [0.1, 0.15) is 10.8 Å². The van der Waals surface area contributed by atoms with Crippen molar-refractivity contribution in [3.05, 3.63) is 53.3 Å². The molecule has 8 heteroatoms. The summed E-state index contributed by atoms with van der Waals surface area (Å²) in [5, 5.41) is 7.70. The number of aryl methyl sites for hydroxylation is 2. The van der Waals surface area contributed by atoms with Gasteiger partial charge in [0.2, 0.25) is 5.91 Å². The highest BCUT2D eigenvalue weighted by molar-refractivity contribution is 7.09. The molecular weight excluding hydrogens is 432 g/mol. The van der Waals surface area contributed by atoms with Crippen LogP contribution in [-0.2, 0) is 17.6 Å². The third-order valence-electron chi connectivity index (χ3n) is 6.46. The number of carbonyl (C=O) groups excluding carboxylic acids is 1. The molecular formula is C25H30N6OS. The van der Waals surface area contributed by atoms with Crippen LogP contribution >= 0.6 is 11.5 Å². The molecule has 1 saturated heterocycles. The third kappa shape index (κ3) is 4.45. The molecule has 3 heterocycles. The number of rotatable bonds is 6. The Morgan fingerprint density at radius 2 is 1.97 bits per heavy atom. The van der Waals surface area contributed by atoms with Gasteiger partial charge < -0.3 is 20.4 Å². The Labute approximate surface area is 199 Å². The number of benzene rings is 2. The highest BCUT2D eigenvalue weighted by Gasteiger charge is 2.28. The predicted molar refractivity (Wildman–Crippen MR) is 136 cm³/mol. The Kier molecular flexibility index (Phi) is 6.28. The maximum atomic E-state index is 13.2. The zero-order chi connectivity index (χ0) is 22.8. The minimum atomic E-state index is 0.0974. The van der Waals surface area contributed by atoms with E-state index in [1.807, 2.05) is 4.90 Å². The van der Waals surface area contributed by atoms with Gasteiger partial charge in [-0.15, -0.1) is 0 Å². The molecule has 2 aliphatic rings. The molecule has 172 valence electrons. The van der Waals surface area contributed by atoms with Crippen LogP contribution in [0.2, 0.25) is 0 Å². The number of piperazine rings is 1. The Morgan fingerprint density at radius 3 is 2.76 bits per heavy atom. The van der Waals surface area contributed by atoms with Crippen molar-refractivity contribution >= 4 is 34.5 Å². The fraction of sp³-hybridized carbons (Fsp3) is 0.400. The zero-order valence-electron chi connectivity index (χ0n) is 19.2. The minimum Gasteiger partial charge on any atom is -0.376 e. The molecule has 1 fully saturated rings. The monoisotopic (exact) mass is 462 g/mol. The van der Waals surface area contributed by atoms with Gasteiger partial charge in [-0.1, -0.05) is 25.1 Å². The molecule has 0 bridgehead atoms. The highest BCUT2D eigenvalue weighted by Crippen LogP contribution is 2.36. The van der Waals surface area contributed by atoms with Gasteiger partial charge in [0, 0.05) is 67.3 Å². The average Bonchev–Trinajstić information content (AvgIpc) is 3.51. The van der Waals surface area contributed by atoms with Gasteiger partial charge in [0.05, 0.1) is 6.54 Å². The van der Waals surface area contributed by atoms with E-state index in [-0.39, 0.29) is 12.5 Å². The smallest absolute Gasteiger partial charge is 0.246 e. The van der Waals surface area contributed by atoms with Gasteiger partial charge in [0.15, 0.2) is 0 Å². The number of aromatic nitrogens is 2. The molecule has 0 unspecified atom stereocenters. The van der Waals surface area contributed by atoms with Crippen molar-refractivity contribution in [1.82, 2.24) is 14.7 Å². The molecule has 3 aromatic rings. The topological polar surface area (TPSA) is 73.4 Å². The molecule has 2 N–H and O–H groups in total. The normalized spacial score (nSPS) is 15.6. The largest absolute Gasteiger partial charge is 0.376 e. The van der Waals surface area contributed by atoms with Gasteiger partial charge >= 0.3 is 0 Å². The summed E-state index contributed by atoms with van der Waals surface area (Å²) in [7, 11) is 0. The highest BCUT2D eigenvalue weighted by atomic mass is 32.1. The van der Waals surface area contributed by atoms with Crippen LogP contribution in [0.1, 0.15) is 23.9 Å². The number of amides is 1. The summed E-state index contributed by atoms with van der Waals surface area (Å²) in [4.78, 5) is 22.2. The molecule has 1 amide bonds. The first-order chi connectivity index (χ1) is 16.1. The lowest BCUT2D eigenvalue weighted by molar-refractivity contribution is -0.116. The number of nitrogens with zero attached hydrogens (tertiary/aromatic N) is 4. The number of nitrogens with one attached hydrogen (secondary N) is 2. The second-order valence-electron chi connectivity index (χ2n) is 8.56. The van der Waals surface area contributed by atoms with E-state index in [1.54, 1.807) is 0 Å². The standard InChI is InChI=1S/C25H30N6OS/c1-3-23-28-25(33-29-23)18-8-7-17(2)20(15-18)27-16-24(32)31-12-9-19-21(5-4-6-22(19)31)30-13-10-26-11-14-30/h4-8,15,26-27H,3,9-14,16H2,1-2H3. The van der Waals surface area contributed by atoms with Crippen molar-refractivity contribution in [1.29, 1.82) is 0 Å². The maximum absolute atomic E-state index is 13.2. The van der Waals surface area contributed by atoms with E-state index in [0.717, 1.165) is 78.9 Å². The quantitative estimate of drug-likeness (QED) is 0.584. The van der Waals surface area contributed by atoms with Crippen LogP contribution in [0.3, 0.4) is 0 Å². The fourth-order valence-corrected chi connectivity index (χ4v) is 5.34. The average molecular weight is 463 g/mol. The summed E-state index contributed by atoms with van der Waals surface area (Å²) >= 11 is 1.42. The van der Waals surface area contributed by atoms with Gasteiger partial charge in [0.25, 0.3) is 0 Å². The fourth-order valence-electron chi connectivity index (χ4n) is 4.60. The summed E-state index contributed by atoms with van der Waals surface area (Å²) in [6.45, 7) is 9.14. The van der Waals surface area contributed by atoms with Crippen LogP contribution in [0.15, 0.2) is 36.4 Å².